The molecule has 1 aromatic heterocycles. The van der Waals surface area contributed by atoms with Gasteiger partial charge in [-0.2, -0.15) is 4.98 Å². The number of nitrogens with zero attached hydrogens (tertiary/aromatic N) is 3. The van der Waals surface area contributed by atoms with Gasteiger partial charge in [-0.1, -0.05) is 43.4 Å². The number of hydrogen-bond donors (Lipinski definition) is 2. The van der Waals surface area contributed by atoms with Crippen molar-refractivity contribution >= 4 is 40.8 Å². The van der Waals surface area contributed by atoms with Crippen LogP contribution in [0.1, 0.15) is 44.2 Å². The number of halogens is 1. The number of ether oxygens (including phenoxy) is 1. The zero-order chi connectivity index (χ0) is 24.8. The summed E-state index contributed by atoms with van der Waals surface area (Å²) < 4.78 is 5.72. The number of aromatic nitrogens is 2. The first kappa shape index (κ1) is 25.4. The molecule has 1 atom stereocenters. The number of anilines is 3. The lowest BCUT2D eigenvalue weighted by molar-refractivity contribution is 0.414. The third-order valence-corrected chi connectivity index (χ3v) is 7.78. The van der Waals surface area contributed by atoms with Gasteiger partial charge in [0, 0.05) is 35.9 Å². The van der Waals surface area contributed by atoms with Gasteiger partial charge < -0.3 is 20.3 Å². The Morgan fingerprint density at radius 1 is 1.31 bits per heavy atom. The zero-order valence-electron chi connectivity index (χ0n) is 20.7. The molecule has 1 aliphatic heterocycles. The summed E-state index contributed by atoms with van der Waals surface area (Å²) in [5.74, 6) is 8.33. The lowest BCUT2D eigenvalue weighted by atomic mass is 9.99. The van der Waals surface area contributed by atoms with Crippen LogP contribution in [-0.2, 0) is 13.0 Å². The van der Waals surface area contributed by atoms with Crippen molar-refractivity contribution in [1.82, 2.24) is 15.3 Å². The van der Waals surface area contributed by atoms with Crippen molar-refractivity contribution < 1.29 is 4.74 Å². The first-order valence-corrected chi connectivity index (χ1v) is 13.2. The third-order valence-electron chi connectivity index (χ3n) is 6.13. The molecular weight excluding hydrogens is 478 g/mol. The van der Waals surface area contributed by atoms with Crippen LogP contribution in [0.15, 0.2) is 41.1 Å². The van der Waals surface area contributed by atoms with E-state index in [-0.39, 0.29) is 0 Å². The van der Waals surface area contributed by atoms with Gasteiger partial charge in [-0.05, 0) is 48.7 Å². The van der Waals surface area contributed by atoms with E-state index < -0.39 is 0 Å². The van der Waals surface area contributed by atoms with E-state index in [1.165, 1.54) is 16.0 Å². The summed E-state index contributed by atoms with van der Waals surface area (Å²) in [6, 6.07) is 4.28. The molecule has 184 valence electrons. The van der Waals surface area contributed by atoms with E-state index in [1.807, 2.05) is 23.7 Å². The second kappa shape index (κ2) is 11.9. The number of methoxy groups -OCH3 is 1. The first-order valence-electron chi connectivity index (χ1n) is 12.0. The zero-order valence-corrected chi connectivity index (χ0v) is 22.3. The highest BCUT2D eigenvalue weighted by Gasteiger charge is 2.20. The number of allylic oxidation sites excluding steroid dienone is 3. The molecular formula is C27H32ClN5OS. The van der Waals surface area contributed by atoms with Crippen LogP contribution < -0.4 is 20.3 Å². The molecule has 2 aromatic rings. The molecule has 2 N–H and O–H groups in total. The molecule has 0 saturated carbocycles. The highest BCUT2D eigenvalue weighted by molar-refractivity contribution is 8.03. The Bertz CT molecular complexity index is 1200. The molecule has 2 aliphatic rings. The van der Waals surface area contributed by atoms with E-state index in [0.717, 1.165) is 49.5 Å². The predicted octanol–water partition coefficient (Wildman–Crippen LogP) is 6.06. The molecule has 1 unspecified atom stereocenters. The summed E-state index contributed by atoms with van der Waals surface area (Å²) in [4.78, 5) is 12.4. The fraction of sp³-hybridized carbons (Fsp3) is 0.407. The second-order valence-corrected chi connectivity index (χ2v) is 10.5. The van der Waals surface area contributed by atoms with E-state index >= 15 is 0 Å². The van der Waals surface area contributed by atoms with Crippen LogP contribution in [0.5, 0.6) is 5.75 Å². The van der Waals surface area contributed by atoms with Crippen LogP contribution in [0.25, 0.3) is 0 Å². The Morgan fingerprint density at radius 2 is 2.17 bits per heavy atom. The summed E-state index contributed by atoms with van der Waals surface area (Å²) in [5.41, 5.74) is 4.51. The lowest BCUT2D eigenvalue weighted by Crippen LogP contribution is -2.24. The minimum Gasteiger partial charge on any atom is -0.495 e. The summed E-state index contributed by atoms with van der Waals surface area (Å²) in [7, 11) is 3.64. The number of thioether (sulfide) groups is 1. The number of benzene rings is 1. The maximum atomic E-state index is 6.55. The summed E-state index contributed by atoms with van der Waals surface area (Å²) in [6.45, 7) is 6.26. The van der Waals surface area contributed by atoms with Gasteiger partial charge in [-0.3, -0.25) is 0 Å². The highest BCUT2D eigenvalue weighted by Crippen LogP contribution is 2.36. The first-order chi connectivity index (χ1) is 17.0. The van der Waals surface area contributed by atoms with Crippen LogP contribution in [0, 0.1) is 11.8 Å². The number of nitrogens with one attached hydrogen (secondary N) is 2. The van der Waals surface area contributed by atoms with Gasteiger partial charge in [0.25, 0.3) is 0 Å². The van der Waals surface area contributed by atoms with Gasteiger partial charge in [0.15, 0.2) is 5.82 Å². The van der Waals surface area contributed by atoms with Gasteiger partial charge in [0.1, 0.15) is 10.8 Å². The molecule has 4 rings (SSSR count). The molecule has 1 aliphatic carbocycles. The average molecular weight is 510 g/mol. The Kier molecular flexibility index (Phi) is 8.61. The van der Waals surface area contributed by atoms with Gasteiger partial charge in [-0.25, -0.2) is 4.98 Å². The van der Waals surface area contributed by atoms with Crippen LogP contribution in [0.2, 0.25) is 5.02 Å². The maximum absolute atomic E-state index is 6.55. The van der Waals surface area contributed by atoms with E-state index in [4.69, 9.17) is 21.3 Å². The quantitative estimate of drug-likeness (QED) is 0.419. The fourth-order valence-corrected chi connectivity index (χ4v) is 5.11. The second-order valence-electron chi connectivity index (χ2n) is 8.59. The fourth-order valence-electron chi connectivity index (χ4n) is 3.93. The van der Waals surface area contributed by atoms with Crippen molar-refractivity contribution in [3.05, 3.63) is 57.2 Å². The normalized spacial score (nSPS) is 15.9. The van der Waals surface area contributed by atoms with Crippen LogP contribution in [0.3, 0.4) is 0 Å². The van der Waals surface area contributed by atoms with Crippen molar-refractivity contribution in [2.75, 3.05) is 30.9 Å². The van der Waals surface area contributed by atoms with Crippen molar-refractivity contribution in [3.8, 4) is 17.6 Å². The highest BCUT2D eigenvalue weighted by atomic mass is 35.5. The molecule has 0 bridgehead atoms. The monoisotopic (exact) mass is 509 g/mol. The number of rotatable bonds is 8. The minimum atomic E-state index is 0.463. The Hall–Kier alpha value is -2.66. The standard InChI is InChI=1S/C27H32ClN5OS/c1-5-18(2)35-25-11-9-7-6-8-10-22(25)31-26-21(28)17-30-27(32-26)33(3)23-14-19-12-13-29-16-20(19)15-24(23)34-4/h9,11,14-15,17-18,29H,5,7,10,12-13,16H2,1-4H3,(H,30,31,32). The summed E-state index contributed by atoms with van der Waals surface area (Å²) in [5, 5.41) is 7.85. The van der Waals surface area contributed by atoms with Gasteiger partial charge in [-0.15, -0.1) is 11.8 Å². The number of fused-ring (bicyclic) bond motifs is 1. The molecule has 0 amide bonds. The molecule has 2 heterocycles. The topological polar surface area (TPSA) is 62.3 Å². The Balaban J connectivity index is 1.67. The largest absolute Gasteiger partial charge is 0.495 e. The smallest absolute Gasteiger partial charge is 0.231 e. The molecule has 0 spiro atoms. The van der Waals surface area contributed by atoms with Crippen LogP contribution >= 0.6 is 23.4 Å². The molecule has 8 heteroatoms. The number of hydrogen-bond acceptors (Lipinski definition) is 7. The van der Waals surface area contributed by atoms with Crippen molar-refractivity contribution in [2.24, 2.45) is 0 Å². The van der Waals surface area contributed by atoms with E-state index in [2.05, 4.69) is 65.6 Å². The van der Waals surface area contributed by atoms with Crippen molar-refractivity contribution in [1.29, 1.82) is 0 Å². The average Bonchev–Trinajstić information content (AvgIpc) is 2.87. The SMILES string of the molecule is CCC(C)SC1=C(Nc2nc(N(C)c3cc4c(cc3OC)CNCC4)ncc2Cl)CC#CCC=C1. The summed E-state index contributed by atoms with van der Waals surface area (Å²) >= 11 is 8.40. The molecule has 6 nitrogen and oxygen atoms in total. The van der Waals surface area contributed by atoms with Gasteiger partial charge in [0.05, 0.1) is 25.4 Å². The van der Waals surface area contributed by atoms with Gasteiger partial charge >= 0.3 is 0 Å². The molecule has 35 heavy (non-hydrogen) atoms. The lowest BCUT2D eigenvalue weighted by Gasteiger charge is -2.25. The van der Waals surface area contributed by atoms with Crippen molar-refractivity contribution in [3.63, 3.8) is 0 Å². The third kappa shape index (κ3) is 6.13. The maximum Gasteiger partial charge on any atom is 0.231 e. The van der Waals surface area contributed by atoms with Gasteiger partial charge in [0.2, 0.25) is 5.95 Å². The Labute approximate surface area is 217 Å². The molecule has 1 aromatic carbocycles. The summed E-state index contributed by atoms with van der Waals surface area (Å²) in [6.07, 6.45) is 9.35. The Morgan fingerprint density at radius 3 is 2.97 bits per heavy atom. The van der Waals surface area contributed by atoms with E-state index in [1.54, 1.807) is 13.3 Å². The minimum absolute atomic E-state index is 0.463. The molecule has 0 saturated heterocycles. The van der Waals surface area contributed by atoms with Crippen LogP contribution in [-0.4, -0.2) is 35.9 Å². The predicted molar refractivity (Wildman–Crippen MR) is 148 cm³/mol. The molecule has 0 radical (unpaired) electrons. The molecule has 0 fully saturated rings. The van der Waals surface area contributed by atoms with E-state index in [0.29, 0.717) is 28.5 Å². The van der Waals surface area contributed by atoms with Crippen LogP contribution in [0.4, 0.5) is 17.5 Å². The van der Waals surface area contributed by atoms with Crippen molar-refractivity contribution in [2.45, 2.75) is 51.3 Å². The van der Waals surface area contributed by atoms with E-state index in [9.17, 15) is 0 Å².